The van der Waals surface area contributed by atoms with Crippen molar-refractivity contribution in [2.45, 2.75) is 49.6 Å². The number of halogens is 1. The van der Waals surface area contributed by atoms with Gasteiger partial charge >= 0.3 is 5.97 Å². The lowest BCUT2D eigenvalue weighted by molar-refractivity contribution is -0.126. The molecule has 0 unspecified atom stereocenters. The highest BCUT2D eigenvalue weighted by Crippen LogP contribution is 2.28. The summed E-state index contributed by atoms with van der Waals surface area (Å²) >= 11 is 0. The van der Waals surface area contributed by atoms with Crippen molar-refractivity contribution in [3.05, 3.63) is 89.7 Å². The van der Waals surface area contributed by atoms with Crippen LogP contribution in [0.25, 0.3) is 11.1 Å². The number of nitrogens with one attached hydrogen (secondary N) is 2. The monoisotopic (exact) mass is 524 g/mol. The first kappa shape index (κ1) is 26.5. The first-order valence-corrected chi connectivity index (χ1v) is 13.6. The number of sulfonamides is 1. The first-order valence-electron chi connectivity index (χ1n) is 12.1. The van der Waals surface area contributed by atoms with E-state index in [1.165, 1.54) is 30.3 Å². The molecular formula is C28H29FN2O5S. The number of rotatable bonds is 8. The highest BCUT2D eigenvalue weighted by Gasteiger charge is 2.29. The second kappa shape index (κ2) is 11.2. The minimum absolute atomic E-state index is 0.0827. The molecule has 0 aliphatic heterocycles. The highest BCUT2D eigenvalue weighted by atomic mass is 32.2. The maximum absolute atomic E-state index is 13.1. The van der Waals surface area contributed by atoms with Gasteiger partial charge in [0.15, 0.2) is 0 Å². The maximum atomic E-state index is 13.1. The lowest BCUT2D eigenvalue weighted by Gasteiger charge is -2.29. The summed E-state index contributed by atoms with van der Waals surface area (Å²) < 4.78 is 41.8. The Hall–Kier alpha value is -3.56. The summed E-state index contributed by atoms with van der Waals surface area (Å²) in [4.78, 5) is 24.0. The number of benzene rings is 3. The van der Waals surface area contributed by atoms with Crippen molar-refractivity contribution in [3.8, 4) is 11.1 Å². The van der Waals surface area contributed by atoms with Gasteiger partial charge in [0.25, 0.3) is 0 Å². The molecule has 0 aromatic heterocycles. The molecule has 0 radical (unpaired) electrons. The lowest BCUT2D eigenvalue weighted by Crippen LogP contribution is -2.41. The van der Waals surface area contributed by atoms with E-state index in [9.17, 15) is 27.5 Å². The molecule has 3 N–H and O–H groups in total. The molecule has 1 aliphatic carbocycles. The topological polar surface area (TPSA) is 113 Å². The minimum Gasteiger partial charge on any atom is -0.478 e. The van der Waals surface area contributed by atoms with Crippen LogP contribution < -0.4 is 10.0 Å². The molecule has 1 amide bonds. The van der Waals surface area contributed by atoms with Crippen molar-refractivity contribution >= 4 is 21.9 Å². The minimum atomic E-state index is -3.75. The van der Waals surface area contributed by atoms with E-state index < -0.39 is 16.0 Å². The summed E-state index contributed by atoms with van der Waals surface area (Å²) in [5.41, 5.74) is 2.37. The van der Waals surface area contributed by atoms with E-state index in [-0.39, 0.29) is 40.2 Å². The van der Waals surface area contributed by atoms with Crippen molar-refractivity contribution in [1.82, 2.24) is 10.0 Å². The van der Waals surface area contributed by atoms with Crippen LogP contribution in [0.3, 0.4) is 0 Å². The van der Waals surface area contributed by atoms with Crippen LogP contribution in [0.4, 0.5) is 4.39 Å². The molecular weight excluding hydrogens is 495 g/mol. The average Bonchev–Trinajstić information content (AvgIpc) is 2.89. The quantitative estimate of drug-likeness (QED) is 0.388. The van der Waals surface area contributed by atoms with Crippen molar-refractivity contribution in [2.75, 3.05) is 0 Å². The fourth-order valence-electron chi connectivity index (χ4n) is 4.59. The summed E-state index contributed by atoms with van der Waals surface area (Å²) in [6.45, 7) is 1.85. The predicted octanol–water partition coefficient (Wildman–Crippen LogP) is 4.91. The first-order chi connectivity index (χ1) is 17.6. The maximum Gasteiger partial charge on any atom is 0.335 e. The molecule has 0 spiro atoms. The van der Waals surface area contributed by atoms with Crippen molar-refractivity contribution < 1.29 is 27.5 Å². The number of carboxylic acids is 1. The van der Waals surface area contributed by atoms with Crippen LogP contribution in [0.15, 0.2) is 77.7 Å². The van der Waals surface area contributed by atoms with Crippen molar-refractivity contribution in [3.63, 3.8) is 0 Å². The zero-order valence-electron chi connectivity index (χ0n) is 20.4. The largest absolute Gasteiger partial charge is 0.478 e. The number of aromatic carboxylic acids is 1. The fourth-order valence-corrected chi connectivity index (χ4v) is 5.89. The molecule has 37 heavy (non-hydrogen) atoms. The van der Waals surface area contributed by atoms with Gasteiger partial charge in [0.1, 0.15) is 5.82 Å². The van der Waals surface area contributed by atoms with Crippen LogP contribution in [0.1, 0.15) is 54.6 Å². The number of hydrogen-bond donors (Lipinski definition) is 3. The van der Waals surface area contributed by atoms with E-state index in [2.05, 4.69) is 10.0 Å². The zero-order valence-corrected chi connectivity index (χ0v) is 21.2. The van der Waals surface area contributed by atoms with Gasteiger partial charge in [0.2, 0.25) is 15.9 Å². The van der Waals surface area contributed by atoms with Gasteiger partial charge in [-0.1, -0.05) is 36.4 Å². The molecule has 0 saturated heterocycles. The van der Waals surface area contributed by atoms with Gasteiger partial charge in [-0.3, -0.25) is 4.79 Å². The molecule has 1 aliphatic rings. The number of amides is 1. The number of carbonyl (C=O) groups is 2. The molecule has 1 saturated carbocycles. The number of carboxylic acid groups (broad SMARTS) is 1. The molecule has 0 bridgehead atoms. The fraction of sp³-hybridized carbons (Fsp3) is 0.286. The summed E-state index contributed by atoms with van der Waals surface area (Å²) in [6, 6.07) is 18.2. The Labute approximate surface area is 215 Å². The Kier molecular flexibility index (Phi) is 8.04. The van der Waals surface area contributed by atoms with Crippen LogP contribution in [0, 0.1) is 11.7 Å². The Morgan fingerprint density at radius 2 is 1.57 bits per heavy atom. The molecule has 194 valence electrons. The van der Waals surface area contributed by atoms with Crippen LogP contribution in [0.2, 0.25) is 0 Å². The number of hydrogen-bond acceptors (Lipinski definition) is 4. The smallest absolute Gasteiger partial charge is 0.335 e. The van der Waals surface area contributed by atoms with E-state index in [0.29, 0.717) is 36.8 Å². The molecule has 1 atom stereocenters. The van der Waals surface area contributed by atoms with E-state index in [1.54, 1.807) is 42.5 Å². The summed E-state index contributed by atoms with van der Waals surface area (Å²) in [7, 11) is -3.75. The average molecular weight is 525 g/mol. The summed E-state index contributed by atoms with van der Waals surface area (Å²) in [5.74, 6) is -1.64. The van der Waals surface area contributed by atoms with Crippen LogP contribution in [-0.2, 0) is 14.8 Å². The molecule has 3 aromatic rings. The Balaban J connectivity index is 1.32. The van der Waals surface area contributed by atoms with Gasteiger partial charge in [0, 0.05) is 12.0 Å². The SMILES string of the molecule is C[C@@H](NC(=O)[C@H]1CC[C@H](NS(=O)(=O)c2ccc(-c3cccc(C(=O)O)c3)cc2)CC1)c1ccc(F)cc1. The molecule has 1 fully saturated rings. The molecule has 3 aromatic carbocycles. The third kappa shape index (κ3) is 6.61. The molecule has 7 nitrogen and oxygen atoms in total. The van der Waals surface area contributed by atoms with Crippen LogP contribution in [-0.4, -0.2) is 31.4 Å². The van der Waals surface area contributed by atoms with Gasteiger partial charge < -0.3 is 10.4 Å². The van der Waals surface area contributed by atoms with E-state index >= 15 is 0 Å². The lowest BCUT2D eigenvalue weighted by atomic mass is 9.85. The second-order valence-electron chi connectivity index (χ2n) is 9.36. The highest BCUT2D eigenvalue weighted by molar-refractivity contribution is 7.89. The predicted molar refractivity (Wildman–Crippen MR) is 138 cm³/mol. The summed E-state index contributed by atoms with van der Waals surface area (Å²) in [5, 5.41) is 12.2. The van der Waals surface area contributed by atoms with E-state index in [4.69, 9.17) is 0 Å². The Bertz CT molecular complexity index is 1370. The van der Waals surface area contributed by atoms with Crippen LogP contribution in [0.5, 0.6) is 0 Å². The van der Waals surface area contributed by atoms with E-state index in [0.717, 1.165) is 5.56 Å². The van der Waals surface area contributed by atoms with Gasteiger partial charge in [-0.05, 0) is 85.7 Å². The van der Waals surface area contributed by atoms with Gasteiger partial charge in [-0.15, -0.1) is 0 Å². The van der Waals surface area contributed by atoms with Gasteiger partial charge in [0.05, 0.1) is 16.5 Å². The normalized spacial score (nSPS) is 18.6. The summed E-state index contributed by atoms with van der Waals surface area (Å²) in [6.07, 6.45) is 2.21. The van der Waals surface area contributed by atoms with Gasteiger partial charge in [-0.2, -0.15) is 0 Å². The Morgan fingerprint density at radius 3 is 2.19 bits per heavy atom. The third-order valence-electron chi connectivity index (χ3n) is 6.76. The molecule has 4 rings (SSSR count). The van der Waals surface area contributed by atoms with Crippen molar-refractivity contribution in [1.29, 1.82) is 0 Å². The van der Waals surface area contributed by atoms with Crippen molar-refractivity contribution in [2.24, 2.45) is 5.92 Å². The third-order valence-corrected chi connectivity index (χ3v) is 8.29. The standard InChI is InChI=1S/C28H29FN2O5S/c1-18(19-5-11-24(29)12-6-19)30-27(32)21-7-13-25(14-8-21)31-37(35,36)26-15-9-20(10-16-26)22-3-2-4-23(17-22)28(33)34/h2-6,9-12,15-18,21,25,31H,7-8,13-14H2,1H3,(H,30,32)(H,33,34)/t18-,21-,25-/m1/s1. The zero-order chi connectivity index (χ0) is 26.6. The second-order valence-corrected chi connectivity index (χ2v) is 11.1. The van der Waals surface area contributed by atoms with Crippen LogP contribution >= 0.6 is 0 Å². The number of carbonyl (C=O) groups excluding carboxylic acids is 1. The molecule has 9 heteroatoms. The Morgan fingerprint density at radius 1 is 0.919 bits per heavy atom. The van der Waals surface area contributed by atoms with Gasteiger partial charge in [-0.25, -0.2) is 22.3 Å². The van der Waals surface area contributed by atoms with E-state index in [1.807, 2.05) is 6.92 Å². The molecule has 0 heterocycles.